The predicted molar refractivity (Wildman–Crippen MR) is 77.7 cm³/mol. The third-order valence-corrected chi connectivity index (χ3v) is 4.83. The van der Waals surface area contributed by atoms with Gasteiger partial charge in [0.2, 0.25) is 11.8 Å². The molecular formula is C15H25N3O3. The molecule has 1 aliphatic carbocycles. The second kappa shape index (κ2) is 6.32. The summed E-state index contributed by atoms with van der Waals surface area (Å²) >= 11 is 0. The first-order chi connectivity index (χ1) is 10.2. The molecule has 0 bridgehead atoms. The van der Waals surface area contributed by atoms with E-state index in [1.165, 1.54) is 0 Å². The molecule has 6 nitrogen and oxygen atoms in total. The molecular weight excluding hydrogens is 270 g/mol. The highest BCUT2D eigenvalue weighted by molar-refractivity contribution is 5.84. The van der Waals surface area contributed by atoms with E-state index in [4.69, 9.17) is 4.74 Å². The monoisotopic (exact) mass is 295 g/mol. The number of amides is 2. The largest absolute Gasteiger partial charge is 0.383 e. The van der Waals surface area contributed by atoms with Gasteiger partial charge in [-0.2, -0.15) is 0 Å². The predicted octanol–water partition coefficient (Wildman–Crippen LogP) is -0.212. The highest BCUT2D eigenvalue weighted by atomic mass is 16.5. The average Bonchev–Trinajstić information content (AvgIpc) is 3.29. The number of hydrogen-bond donors (Lipinski definition) is 0. The first-order valence-corrected chi connectivity index (χ1v) is 8.01. The number of nitrogens with zero attached hydrogens (tertiary/aromatic N) is 3. The summed E-state index contributed by atoms with van der Waals surface area (Å²) in [7, 11) is 1.66. The molecule has 0 aromatic carbocycles. The lowest BCUT2D eigenvalue weighted by Gasteiger charge is -2.37. The van der Waals surface area contributed by atoms with Gasteiger partial charge >= 0.3 is 0 Å². The van der Waals surface area contributed by atoms with Crippen molar-refractivity contribution in [1.82, 2.24) is 14.7 Å². The zero-order valence-corrected chi connectivity index (χ0v) is 12.8. The summed E-state index contributed by atoms with van der Waals surface area (Å²) in [6, 6.07) is 0.0139. The van der Waals surface area contributed by atoms with Crippen LogP contribution < -0.4 is 0 Å². The topological polar surface area (TPSA) is 53.1 Å². The van der Waals surface area contributed by atoms with Crippen molar-refractivity contribution in [2.45, 2.75) is 25.3 Å². The van der Waals surface area contributed by atoms with Crippen LogP contribution in [0, 0.1) is 5.92 Å². The van der Waals surface area contributed by atoms with Crippen LogP contribution >= 0.6 is 0 Å². The van der Waals surface area contributed by atoms with E-state index in [0.29, 0.717) is 25.0 Å². The minimum absolute atomic E-state index is 0.0139. The van der Waals surface area contributed by atoms with Gasteiger partial charge in [0.15, 0.2) is 0 Å². The Kier molecular flexibility index (Phi) is 4.45. The van der Waals surface area contributed by atoms with Gasteiger partial charge in [-0.15, -0.1) is 0 Å². The van der Waals surface area contributed by atoms with Crippen molar-refractivity contribution in [2.75, 3.05) is 53.0 Å². The second-order valence-electron chi connectivity index (χ2n) is 6.26. The molecule has 2 heterocycles. The second-order valence-corrected chi connectivity index (χ2v) is 6.26. The summed E-state index contributed by atoms with van der Waals surface area (Å²) in [5, 5.41) is 0. The van der Waals surface area contributed by atoms with Gasteiger partial charge in [-0.1, -0.05) is 0 Å². The van der Waals surface area contributed by atoms with Crippen LogP contribution in [0.15, 0.2) is 0 Å². The fourth-order valence-electron chi connectivity index (χ4n) is 3.33. The highest BCUT2D eigenvalue weighted by Crippen LogP contribution is 2.31. The van der Waals surface area contributed by atoms with Crippen LogP contribution in [0.3, 0.4) is 0 Å². The van der Waals surface area contributed by atoms with Crippen LogP contribution in [0.25, 0.3) is 0 Å². The van der Waals surface area contributed by atoms with Gasteiger partial charge in [0, 0.05) is 52.3 Å². The smallest absolute Gasteiger partial charge is 0.240 e. The van der Waals surface area contributed by atoms with E-state index >= 15 is 0 Å². The Labute approximate surface area is 126 Å². The molecule has 2 amide bonds. The molecule has 0 aromatic rings. The third kappa shape index (κ3) is 3.21. The minimum atomic E-state index is 0.0139. The summed E-state index contributed by atoms with van der Waals surface area (Å²) in [5.41, 5.74) is 0. The fraction of sp³-hybridized carbons (Fsp3) is 0.867. The van der Waals surface area contributed by atoms with E-state index in [1.54, 1.807) is 7.11 Å². The van der Waals surface area contributed by atoms with Gasteiger partial charge in [-0.05, 0) is 19.3 Å². The maximum absolute atomic E-state index is 12.4. The number of piperazine rings is 1. The highest BCUT2D eigenvalue weighted by Gasteiger charge is 2.39. The van der Waals surface area contributed by atoms with Crippen LogP contribution in [-0.4, -0.2) is 85.5 Å². The molecule has 0 spiro atoms. The Balaban J connectivity index is 1.48. The lowest BCUT2D eigenvalue weighted by molar-refractivity contribution is -0.136. The summed E-state index contributed by atoms with van der Waals surface area (Å²) in [4.78, 5) is 30.6. The molecule has 2 aliphatic heterocycles. The van der Waals surface area contributed by atoms with Gasteiger partial charge in [-0.3, -0.25) is 14.5 Å². The maximum Gasteiger partial charge on any atom is 0.240 e. The molecule has 0 aromatic heterocycles. The van der Waals surface area contributed by atoms with Crippen molar-refractivity contribution in [3.05, 3.63) is 0 Å². The Morgan fingerprint density at radius 3 is 2.48 bits per heavy atom. The molecule has 1 unspecified atom stereocenters. The van der Waals surface area contributed by atoms with E-state index in [-0.39, 0.29) is 11.9 Å². The number of carbonyl (C=O) groups is 2. The normalized spacial score (nSPS) is 27.5. The van der Waals surface area contributed by atoms with Gasteiger partial charge in [0.1, 0.15) is 0 Å². The number of carbonyl (C=O) groups excluding carboxylic acids is 2. The number of methoxy groups -OCH3 is 1. The lowest BCUT2D eigenvalue weighted by atomic mass is 10.1. The molecule has 0 N–H and O–H groups in total. The quantitative estimate of drug-likeness (QED) is 0.704. The van der Waals surface area contributed by atoms with Crippen LogP contribution in [0.5, 0.6) is 0 Å². The van der Waals surface area contributed by atoms with E-state index < -0.39 is 0 Å². The van der Waals surface area contributed by atoms with Crippen molar-refractivity contribution >= 4 is 11.8 Å². The first kappa shape index (κ1) is 14.8. The molecule has 21 heavy (non-hydrogen) atoms. The molecule has 6 heteroatoms. The standard InChI is InChI=1S/C15H25N3O3/c1-21-11-10-17-5-4-13(15(17)20)16-6-8-18(9-7-16)14(19)12-2-3-12/h12-13H,2-11H2,1H3. The first-order valence-electron chi connectivity index (χ1n) is 8.01. The van der Waals surface area contributed by atoms with Gasteiger partial charge in [-0.25, -0.2) is 0 Å². The molecule has 118 valence electrons. The van der Waals surface area contributed by atoms with Gasteiger partial charge in [0.05, 0.1) is 12.6 Å². The molecule has 3 aliphatic rings. The van der Waals surface area contributed by atoms with Gasteiger partial charge < -0.3 is 14.5 Å². The summed E-state index contributed by atoms with van der Waals surface area (Å²) < 4.78 is 5.05. The summed E-state index contributed by atoms with van der Waals surface area (Å²) in [6.07, 6.45) is 3.03. The Hall–Kier alpha value is -1.14. The third-order valence-electron chi connectivity index (χ3n) is 4.83. The van der Waals surface area contributed by atoms with Crippen LogP contribution in [0.2, 0.25) is 0 Å². The SMILES string of the molecule is COCCN1CCC(N2CCN(C(=O)C3CC3)CC2)C1=O. The molecule has 3 fully saturated rings. The molecule has 1 atom stereocenters. The zero-order chi connectivity index (χ0) is 14.8. The summed E-state index contributed by atoms with van der Waals surface area (Å²) in [5.74, 6) is 0.859. The van der Waals surface area contributed by atoms with Crippen molar-refractivity contribution in [3.8, 4) is 0 Å². The molecule has 3 rings (SSSR count). The number of likely N-dealkylation sites (tertiary alicyclic amines) is 1. The number of ether oxygens (including phenoxy) is 1. The van der Waals surface area contributed by atoms with Crippen molar-refractivity contribution in [3.63, 3.8) is 0 Å². The van der Waals surface area contributed by atoms with Crippen LogP contribution in [-0.2, 0) is 14.3 Å². The summed E-state index contributed by atoms with van der Waals surface area (Å²) in [6.45, 7) is 5.32. The van der Waals surface area contributed by atoms with E-state index in [2.05, 4.69) is 4.90 Å². The average molecular weight is 295 g/mol. The Bertz CT molecular complexity index is 403. The van der Waals surface area contributed by atoms with Crippen LogP contribution in [0.1, 0.15) is 19.3 Å². The molecule has 1 saturated carbocycles. The number of hydrogen-bond acceptors (Lipinski definition) is 4. The van der Waals surface area contributed by atoms with Gasteiger partial charge in [0.25, 0.3) is 0 Å². The maximum atomic E-state index is 12.4. The van der Waals surface area contributed by atoms with Crippen molar-refractivity contribution < 1.29 is 14.3 Å². The van der Waals surface area contributed by atoms with Crippen molar-refractivity contribution in [1.29, 1.82) is 0 Å². The van der Waals surface area contributed by atoms with E-state index in [9.17, 15) is 9.59 Å². The van der Waals surface area contributed by atoms with E-state index in [1.807, 2.05) is 9.80 Å². The fourth-order valence-corrected chi connectivity index (χ4v) is 3.33. The molecule has 2 saturated heterocycles. The zero-order valence-electron chi connectivity index (χ0n) is 12.8. The Morgan fingerprint density at radius 2 is 1.86 bits per heavy atom. The Morgan fingerprint density at radius 1 is 1.14 bits per heavy atom. The molecule has 0 radical (unpaired) electrons. The van der Waals surface area contributed by atoms with E-state index in [0.717, 1.165) is 52.0 Å². The van der Waals surface area contributed by atoms with Crippen LogP contribution in [0.4, 0.5) is 0 Å². The number of rotatable bonds is 5. The lowest BCUT2D eigenvalue weighted by Crippen LogP contribution is -2.54. The van der Waals surface area contributed by atoms with Crippen molar-refractivity contribution in [2.24, 2.45) is 5.92 Å². The minimum Gasteiger partial charge on any atom is -0.383 e.